The van der Waals surface area contributed by atoms with Crippen LogP contribution in [0.15, 0.2) is 60.9 Å². The Hall–Kier alpha value is -4.60. The summed E-state index contributed by atoms with van der Waals surface area (Å²) >= 11 is 0. The predicted molar refractivity (Wildman–Crippen MR) is 140 cm³/mol. The minimum atomic E-state index is -0.293. The SMILES string of the molecule is C/C=C/c1cc(Nc2nc(/C=C/c3cccc(F)c3)nc(N3CCN(c4ccncc4)CC3)n2)n[nH]1. The predicted octanol–water partition coefficient (Wildman–Crippen LogP) is 4.40. The molecule has 182 valence electrons. The first-order chi connectivity index (χ1) is 17.7. The molecule has 0 radical (unpaired) electrons. The first-order valence-corrected chi connectivity index (χ1v) is 11.7. The van der Waals surface area contributed by atoms with Gasteiger partial charge >= 0.3 is 0 Å². The third-order valence-corrected chi connectivity index (χ3v) is 5.69. The van der Waals surface area contributed by atoms with E-state index in [1.165, 1.54) is 12.1 Å². The highest BCUT2D eigenvalue weighted by Crippen LogP contribution is 2.20. The molecule has 1 saturated heterocycles. The molecule has 0 bridgehead atoms. The van der Waals surface area contributed by atoms with Crippen LogP contribution in [-0.4, -0.2) is 56.3 Å². The second-order valence-electron chi connectivity index (χ2n) is 8.22. The van der Waals surface area contributed by atoms with Crippen molar-refractivity contribution >= 4 is 41.6 Å². The van der Waals surface area contributed by atoms with Gasteiger partial charge in [-0.1, -0.05) is 24.3 Å². The summed E-state index contributed by atoms with van der Waals surface area (Å²) in [5, 5.41) is 10.4. The smallest absolute Gasteiger partial charge is 0.233 e. The zero-order valence-electron chi connectivity index (χ0n) is 19.8. The number of pyridine rings is 1. The van der Waals surface area contributed by atoms with Gasteiger partial charge in [0.25, 0.3) is 0 Å². The lowest BCUT2D eigenvalue weighted by atomic mass is 10.2. The summed E-state index contributed by atoms with van der Waals surface area (Å²) in [6, 6.07) is 12.3. The molecule has 36 heavy (non-hydrogen) atoms. The molecule has 1 fully saturated rings. The number of rotatable bonds is 7. The van der Waals surface area contributed by atoms with E-state index in [0.717, 1.165) is 43.1 Å². The molecule has 3 aromatic heterocycles. The maximum absolute atomic E-state index is 13.6. The highest BCUT2D eigenvalue weighted by atomic mass is 19.1. The van der Waals surface area contributed by atoms with Crippen molar-refractivity contribution in [1.29, 1.82) is 0 Å². The number of halogens is 1. The van der Waals surface area contributed by atoms with Gasteiger partial charge in [0.2, 0.25) is 11.9 Å². The lowest BCUT2D eigenvalue weighted by molar-refractivity contribution is 0.627. The number of allylic oxidation sites excluding steroid dienone is 1. The summed E-state index contributed by atoms with van der Waals surface area (Å²) in [5.41, 5.74) is 2.74. The molecule has 1 aliphatic heterocycles. The van der Waals surface area contributed by atoms with Crippen LogP contribution in [0.5, 0.6) is 0 Å². The number of nitrogens with one attached hydrogen (secondary N) is 2. The first kappa shape index (κ1) is 23.2. The molecule has 0 amide bonds. The normalized spacial score (nSPS) is 14.2. The standard InChI is InChI=1S/C26H26FN9/c1-2-4-21-18-24(34-33-21)30-25-29-23(8-7-19-5-3-6-20(27)17-19)31-26(32-25)36-15-13-35(14-16-36)22-9-11-28-12-10-22/h2-12,17-18H,13-16H2,1H3,(H2,29,30,31,32,33,34)/b4-2+,8-7+. The fourth-order valence-corrected chi connectivity index (χ4v) is 3.93. The quantitative estimate of drug-likeness (QED) is 0.399. The molecule has 2 N–H and O–H groups in total. The summed E-state index contributed by atoms with van der Waals surface area (Å²) in [7, 11) is 0. The van der Waals surface area contributed by atoms with Crippen molar-refractivity contribution in [3.63, 3.8) is 0 Å². The van der Waals surface area contributed by atoms with E-state index in [1.54, 1.807) is 30.6 Å². The van der Waals surface area contributed by atoms with E-state index in [9.17, 15) is 4.39 Å². The van der Waals surface area contributed by atoms with E-state index in [4.69, 9.17) is 0 Å². The van der Waals surface area contributed by atoms with E-state index in [-0.39, 0.29) is 5.82 Å². The summed E-state index contributed by atoms with van der Waals surface area (Å²) in [6.07, 6.45) is 11.0. The highest BCUT2D eigenvalue weighted by Gasteiger charge is 2.21. The summed E-state index contributed by atoms with van der Waals surface area (Å²) in [4.78, 5) is 22.5. The van der Waals surface area contributed by atoms with Crippen LogP contribution in [0, 0.1) is 5.82 Å². The Kier molecular flexibility index (Phi) is 6.93. The molecular weight excluding hydrogens is 457 g/mol. The van der Waals surface area contributed by atoms with E-state index in [2.05, 4.69) is 45.2 Å². The van der Waals surface area contributed by atoms with Crippen molar-refractivity contribution in [2.24, 2.45) is 0 Å². The third kappa shape index (κ3) is 5.72. The van der Waals surface area contributed by atoms with Crippen LogP contribution in [0.2, 0.25) is 0 Å². The topological polar surface area (TPSA) is 98.8 Å². The van der Waals surface area contributed by atoms with Crippen LogP contribution in [0.25, 0.3) is 18.2 Å². The van der Waals surface area contributed by atoms with Gasteiger partial charge in [-0.3, -0.25) is 10.1 Å². The molecule has 9 nitrogen and oxygen atoms in total. The van der Waals surface area contributed by atoms with Gasteiger partial charge in [-0.25, -0.2) is 4.39 Å². The average Bonchev–Trinajstić information content (AvgIpc) is 3.35. The van der Waals surface area contributed by atoms with Gasteiger partial charge < -0.3 is 15.1 Å². The Balaban J connectivity index is 1.39. The number of nitrogens with zero attached hydrogens (tertiary/aromatic N) is 7. The van der Waals surface area contributed by atoms with Crippen molar-refractivity contribution in [2.75, 3.05) is 41.3 Å². The average molecular weight is 484 g/mol. The fraction of sp³-hybridized carbons (Fsp3) is 0.192. The van der Waals surface area contributed by atoms with Crippen LogP contribution >= 0.6 is 0 Å². The van der Waals surface area contributed by atoms with Crippen molar-refractivity contribution in [1.82, 2.24) is 30.1 Å². The number of aromatic amines is 1. The Bertz CT molecular complexity index is 1360. The monoisotopic (exact) mass is 483 g/mol. The van der Waals surface area contributed by atoms with E-state index >= 15 is 0 Å². The number of hydrogen-bond donors (Lipinski definition) is 2. The van der Waals surface area contributed by atoms with Gasteiger partial charge in [0.15, 0.2) is 11.6 Å². The maximum atomic E-state index is 13.6. The minimum Gasteiger partial charge on any atom is -0.368 e. The number of piperazine rings is 1. The number of H-pyrrole nitrogens is 1. The first-order valence-electron chi connectivity index (χ1n) is 11.7. The summed E-state index contributed by atoms with van der Waals surface area (Å²) in [6.45, 7) is 5.12. The highest BCUT2D eigenvalue weighted by molar-refractivity contribution is 5.68. The molecule has 0 unspecified atom stereocenters. The largest absolute Gasteiger partial charge is 0.368 e. The van der Waals surface area contributed by atoms with E-state index in [1.807, 2.05) is 43.3 Å². The van der Waals surface area contributed by atoms with Crippen LogP contribution in [0.4, 0.5) is 27.8 Å². The molecule has 1 aromatic carbocycles. The van der Waals surface area contributed by atoms with Gasteiger partial charge in [0.1, 0.15) is 5.82 Å². The second kappa shape index (κ2) is 10.8. The maximum Gasteiger partial charge on any atom is 0.233 e. The number of benzene rings is 1. The second-order valence-corrected chi connectivity index (χ2v) is 8.22. The van der Waals surface area contributed by atoms with Crippen molar-refractivity contribution in [2.45, 2.75) is 6.92 Å². The van der Waals surface area contributed by atoms with Crippen LogP contribution in [-0.2, 0) is 0 Å². The fourth-order valence-electron chi connectivity index (χ4n) is 3.93. The molecule has 10 heteroatoms. The number of hydrogen-bond acceptors (Lipinski definition) is 8. The van der Waals surface area contributed by atoms with Crippen LogP contribution in [0.3, 0.4) is 0 Å². The zero-order valence-corrected chi connectivity index (χ0v) is 19.8. The Morgan fingerprint density at radius 3 is 2.50 bits per heavy atom. The molecule has 0 aliphatic carbocycles. The van der Waals surface area contributed by atoms with Gasteiger partial charge in [-0.15, -0.1) is 0 Å². The molecule has 0 saturated carbocycles. The van der Waals surface area contributed by atoms with E-state index in [0.29, 0.717) is 23.5 Å². The molecule has 1 aliphatic rings. The van der Waals surface area contributed by atoms with Crippen molar-refractivity contribution < 1.29 is 4.39 Å². The van der Waals surface area contributed by atoms with Gasteiger partial charge in [0, 0.05) is 50.3 Å². The number of aromatic nitrogens is 6. The van der Waals surface area contributed by atoms with Crippen LogP contribution < -0.4 is 15.1 Å². The molecular formula is C26H26FN9. The molecule has 4 heterocycles. The Labute approximate surface area is 208 Å². The lowest BCUT2D eigenvalue weighted by Gasteiger charge is -2.36. The molecule has 5 rings (SSSR count). The minimum absolute atomic E-state index is 0.293. The van der Waals surface area contributed by atoms with Gasteiger partial charge in [-0.05, 0) is 48.9 Å². The lowest BCUT2D eigenvalue weighted by Crippen LogP contribution is -2.47. The Morgan fingerprint density at radius 2 is 1.72 bits per heavy atom. The Morgan fingerprint density at radius 1 is 0.917 bits per heavy atom. The molecule has 0 atom stereocenters. The van der Waals surface area contributed by atoms with Crippen molar-refractivity contribution in [3.05, 3.63) is 83.8 Å². The van der Waals surface area contributed by atoms with Crippen molar-refractivity contribution in [3.8, 4) is 0 Å². The molecule has 4 aromatic rings. The number of anilines is 4. The van der Waals surface area contributed by atoms with Gasteiger partial charge in [0.05, 0.1) is 5.69 Å². The third-order valence-electron chi connectivity index (χ3n) is 5.69. The zero-order chi connectivity index (χ0) is 24.7. The van der Waals surface area contributed by atoms with Crippen LogP contribution in [0.1, 0.15) is 24.0 Å². The van der Waals surface area contributed by atoms with Gasteiger partial charge in [-0.2, -0.15) is 20.1 Å². The molecule has 0 spiro atoms. The van der Waals surface area contributed by atoms with E-state index < -0.39 is 0 Å². The summed E-state index contributed by atoms with van der Waals surface area (Å²) < 4.78 is 13.6. The summed E-state index contributed by atoms with van der Waals surface area (Å²) in [5.74, 6) is 1.73.